The van der Waals surface area contributed by atoms with Crippen molar-refractivity contribution in [2.75, 3.05) is 19.7 Å². The van der Waals surface area contributed by atoms with Crippen LogP contribution in [0.2, 0.25) is 0 Å². The maximum atomic E-state index is 12.4. The van der Waals surface area contributed by atoms with Gasteiger partial charge in [-0.2, -0.15) is 5.26 Å². The van der Waals surface area contributed by atoms with Crippen LogP contribution in [0.1, 0.15) is 33.6 Å². The Hall–Kier alpha value is -2.53. The lowest BCUT2D eigenvalue weighted by Gasteiger charge is -2.17. The fraction of sp³-hybridized carbons (Fsp3) is 0.409. The molecule has 1 saturated heterocycles. The van der Waals surface area contributed by atoms with Gasteiger partial charge in [-0.1, -0.05) is 12.1 Å². The van der Waals surface area contributed by atoms with Gasteiger partial charge in [0.15, 0.2) is 5.78 Å². The molecule has 2 aliphatic rings. The zero-order valence-electron chi connectivity index (χ0n) is 16.1. The van der Waals surface area contributed by atoms with Gasteiger partial charge in [-0.15, -0.1) is 11.3 Å². The van der Waals surface area contributed by atoms with Crippen LogP contribution in [-0.2, 0) is 22.4 Å². The highest BCUT2D eigenvalue weighted by Crippen LogP contribution is 2.32. The molecule has 2 heterocycles. The molecule has 1 aromatic heterocycles. The third-order valence-corrected chi connectivity index (χ3v) is 6.45. The van der Waals surface area contributed by atoms with Crippen LogP contribution in [0.15, 0.2) is 30.3 Å². The molecular formula is C22H23N3O3S. The van der Waals surface area contributed by atoms with E-state index in [-0.39, 0.29) is 11.7 Å². The van der Waals surface area contributed by atoms with E-state index >= 15 is 0 Å². The zero-order chi connectivity index (χ0) is 20.2. The second kappa shape index (κ2) is 8.87. The first-order chi connectivity index (χ1) is 14.1. The molecule has 6 nitrogen and oxygen atoms in total. The summed E-state index contributed by atoms with van der Waals surface area (Å²) in [5.41, 5.74) is 3.04. The van der Waals surface area contributed by atoms with Crippen LogP contribution in [-0.4, -0.2) is 43.5 Å². The van der Waals surface area contributed by atoms with Gasteiger partial charge in [0.05, 0.1) is 6.07 Å². The summed E-state index contributed by atoms with van der Waals surface area (Å²) in [6.07, 6.45) is 2.18. The molecule has 150 valence electrons. The lowest BCUT2D eigenvalue weighted by Crippen LogP contribution is -2.46. The maximum absolute atomic E-state index is 12.4. The first-order valence-electron chi connectivity index (χ1n) is 9.91. The van der Waals surface area contributed by atoms with Gasteiger partial charge in [0, 0.05) is 41.3 Å². The van der Waals surface area contributed by atoms with Crippen LogP contribution in [0, 0.1) is 11.3 Å². The van der Waals surface area contributed by atoms with Gasteiger partial charge in [0.25, 0.3) is 5.91 Å². The molecule has 0 spiro atoms. The highest BCUT2D eigenvalue weighted by Gasteiger charge is 2.24. The predicted octanol–water partition coefficient (Wildman–Crippen LogP) is 2.47. The molecule has 4 rings (SSSR count). The van der Waals surface area contributed by atoms with E-state index in [0.717, 1.165) is 45.8 Å². The summed E-state index contributed by atoms with van der Waals surface area (Å²) in [6, 6.07) is 11.6. The van der Waals surface area contributed by atoms with Crippen molar-refractivity contribution in [3.05, 3.63) is 46.3 Å². The van der Waals surface area contributed by atoms with Gasteiger partial charge in [-0.3, -0.25) is 9.59 Å². The van der Waals surface area contributed by atoms with E-state index in [0.29, 0.717) is 26.0 Å². The summed E-state index contributed by atoms with van der Waals surface area (Å²) < 4.78 is 5.56. The number of rotatable bonds is 5. The molecular weight excluding hydrogens is 386 g/mol. The number of amides is 1. The van der Waals surface area contributed by atoms with Gasteiger partial charge in [0.1, 0.15) is 12.1 Å². The van der Waals surface area contributed by atoms with Crippen molar-refractivity contribution in [2.24, 2.45) is 0 Å². The molecule has 1 amide bonds. The Kier molecular flexibility index (Phi) is 6.05. The van der Waals surface area contributed by atoms with E-state index in [1.165, 1.54) is 0 Å². The number of aryl methyl sites for hydroxylation is 1. The van der Waals surface area contributed by atoms with E-state index in [2.05, 4.69) is 22.8 Å². The van der Waals surface area contributed by atoms with Crippen LogP contribution in [0.3, 0.4) is 0 Å². The average molecular weight is 410 g/mol. The molecule has 2 atom stereocenters. The molecule has 0 unspecified atom stereocenters. The molecule has 1 aliphatic heterocycles. The first kappa shape index (κ1) is 19.8. The third-order valence-electron chi connectivity index (χ3n) is 5.29. The summed E-state index contributed by atoms with van der Waals surface area (Å²) in [6.45, 7) is 1.84. The summed E-state index contributed by atoms with van der Waals surface area (Å²) in [5, 5.41) is 15.5. The third kappa shape index (κ3) is 4.56. The SMILES string of the molecule is N#C[C@H](Cc1ccc(-c2ccc3c(c2)CCC3=O)s1)NC(=O)[C@@H]1CNCCCO1. The lowest BCUT2D eigenvalue weighted by atomic mass is 10.1. The van der Waals surface area contributed by atoms with Crippen LogP contribution in [0.25, 0.3) is 10.4 Å². The molecule has 1 fully saturated rings. The molecule has 7 heteroatoms. The largest absolute Gasteiger partial charge is 0.367 e. The number of hydrogen-bond donors (Lipinski definition) is 2. The molecule has 1 aliphatic carbocycles. The number of nitriles is 1. The summed E-state index contributed by atoms with van der Waals surface area (Å²) >= 11 is 1.61. The second-order valence-electron chi connectivity index (χ2n) is 7.37. The fourth-order valence-corrected chi connectivity index (χ4v) is 4.78. The Balaban J connectivity index is 1.40. The number of Topliss-reactive ketones (excluding diaryl/α,β-unsaturated/α-hetero) is 1. The minimum Gasteiger partial charge on any atom is -0.367 e. The number of ether oxygens (including phenoxy) is 1. The van der Waals surface area contributed by atoms with E-state index in [1.807, 2.05) is 24.3 Å². The Labute approximate surface area is 173 Å². The van der Waals surface area contributed by atoms with E-state index in [1.54, 1.807) is 11.3 Å². The van der Waals surface area contributed by atoms with Crippen molar-refractivity contribution in [1.29, 1.82) is 5.26 Å². The Morgan fingerprint density at radius 2 is 2.24 bits per heavy atom. The first-order valence-corrected chi connectivity index (χ1v) is 10.7. The predicted molar refractivity (Wildman–Crippen MR) is 111 cm³/mol. The van der Waals surface area contributed by atoms with E-state index < -0.39 is 12.1 Å². The zero-order valence-corrected chi connectivity index (χ0v) is 16.9. The Morgan fingerprint density at radius 3 is 3.10 bits per heavy atom. The van der Waals surface area contributed by atoms with E-state index in [4.69, 9.17) is 4.74 Å². The van der Waals surface area contributed by atoms with Crippen molar-refractivity contribution in [2.45, 2.75) is 37.8 Å². The molecule has 2 N–H and O–H groups in total. The minimum atomic E-state index is -0.599. The number of carbonyl (C=O) groups excluding carboxylic acids is 2. The molecule has 2 aromatic rings. The van der Waals surface area contributed by atoms with Crippen LogP contribution in [0.4, 0.5) is 0 Å². The minimum absolute atomic E-state index is 0.221. The van der Waals surface area contributed by atoms with Crippen LogP contribution in [0.5, 0.6) is 0 Å². The van der Waals surface area contributed by atoms with Crippen molar-refractivity contribution in [1.82, 2.24) is 10.6 Å². The second-order valence-corrected chi connectivity index (χ2v) is 8.54. The van der Waals surface area contributed by atoms with Gasteiger partial charge in [-0.25, -0.2) is 0 Å². The summed E-state index contributed by atoms with van der Waals surface area (Å²) in [4.78, 5) is 26.4. The van der Waals surface area contributed by atoms with Gasteiger partial charge >= 0.3 is 0 Å². The summed E-state index contributed by atoms with van der Waals surface area (Å²) in [7, 11) is 0. The molecule has 0 saturated carbocycles. The number of benzene rings is 1. The monoisotopic (exact) mass is 409 g/mol. The van der Waals surface area contributed by atoms with Crippen molar-refractivity contribution < 1.29 is 14.3 Å². The highest BCUT2D eigenvalue weighted by atomic mass is 32.1. The topological polar surface area (TPSA) is 91.2 Å². The quantitative estimate of drug-likeness (QED) is 0.792. The van der Waals surface area contributed by atoms with Crippen LogP contribution < -0.4 is 10.6 Å². The van der Waals surface area contributed by atoms with Crippen molar-refractivity contribution in [3.63, 3.8) is 0 Å². The van der Waals surface area contributed by atoms with Gasteiger partial charge in [0.2, 0.25) is 0 Å². The maximum Gasteiger partial charge on any atom is 0.251 e. The number of ketones is 1. The normalized spacial score (nSPS) is 19.8. The van der Waals surface area contributed by atoms with Crippen molar-refractivity contribution >= 4 is 23.0 Å². The Morgan fingerprint density at radius 1 is 1.34 bits per heavy atom. The number of nitrogens with zero attached hydrogens (tertiary/aromatic N) is 1. The Bertz CT molecular complexity index is 954. The standard InChI is InChI=1S/C22H23N3O3S/c23-12-16(25-22(27)20-13-24-8-1-9-28-20)11-17-4-7-21(29-17)15-2-5-18-14(10-15)3-6-19(18)26/h2,4-5,7,10,16,20,24H,1,3,6,8-9,11,13H2,(H,25,27)/t16-,20-/m0/s1. The smallest absolute Gasteiger partial charge is 0.251 e. The molecule has 0 bridgehead atoms. The molecule has 0 radical (unpaired) electrons. The summed E-state index contributed by atoms with van der Waals surface area (Å²) in [5.74, 6) is -0.0233. The fourth-order valence-electron chi connectivity index (χ4n) is 3.73. The number of nitrogens with one attached hydrogen (secondary N) is 2. The average Bonchev–Trinajstić information content (AvgIpc) is 3.24. The lowest BCUT2D eigenvalue weighted by molar-refractivity contribution is -0.132. The number of hydrogen-bond acceptors (Lipinski definition) is 6. The molecule has 29 heavy (non-hydrogen) atoms. The number of carbonyl (C=O) groups is 2. The highest BCUT2D eigenvalue weighted by molar-refractivity contribution is 7.15. The van der Waals surface area contributed by atoms with Crippen molar-refractivity contribution in [3.8, 4) is 16.5 Å². The number of fused-ring (bicyclic) bond motifs is 1. The van der Waals surface area contributed by atoms with Gasteiger partial charge < -0.3 is 15.4 Å². The number of thiophene rings is 1. The van der Waals surface area contributed by atoms with Crippen LogP contribution >= 0.6 is 11.3 Å². The van der Waals surface area contributed by atoms with E-state index in [9.17, 15) is 14.9 Å². The molecule has 1 aromatic carbocycles. The van der Waals surface area contributed by atoms with Gasteiger partial charge in [-0.05, 0) is 48.7 Å².